The van der Waals surface area contributed by atoms with Gasteiger partial charge in [-0.25, -0.2) is 0 Å². The number of carbonyl (C=O) groups excluding carboxylic acids is 2. The lowest BCUT2D eigenvalue weighted by Crippen LogP contribution is -2.54. The number of hydrogen-bond acceptors (Lipinski definition) is 5. The van der Waals surface area contributed by atoms with E-state index in [-0.39, 0.29) is 41.9 Å². The van der Waals surface area contributed by atoms with Crippen LogP contribution in [0.25, 0.3) is 0 Å². The Balaban J connectivity index is 1.22. The van der Waals surface area contributed by atoms with E-state index in [0.717, 1.165) is 97.0 Å². The van der Waals surface area contributed by atoms with Crippen molar-refractivity contribution in [2.45, 2.75) is 82.5 Å². The van der Waals surface area contributed by atoms with E-state index in [1.165, 1.54) is 0 Å². The fraction of sp³-hybridized carbons (Fsp3) is 0.917. The van der Waals surface area contributed by atoms with Crippen molar-refractivity contribution in [3.63, 3.8) is 0 Å². The molecule has 0 aromatic heterocycles. The van der Waals surface area contributed by atoms with Gasteiger partial charge in [0.2, 0.25) is 11.8 Å². The third-order valence-corrected chi connectivity index (χ3v) is 7.81. The van der Waals surface area contributed by atoms with E-state index in [1.807, 2.05) is 4.90 Å². The second-order valence-electron chi connectivity index (χ2n) is 10.1. The summed E-state index contributed by atoms with van der Waals surface area (Å²) in [4.78, 5) is 30.5. The fourth-order valence-corrected chi connectivity index (χ4v) is 5.67. The Morgan fingerprint density at radius 3 is 2.39 bits per heavy atom. The summed E-state index contributed by atoms with van der Waals surface area (Å²) < 4.78 is 11.7. The SMILES string of the molecule is CN1CCN(C(=O)C2CCCCC2NC(=O)C2CCC(OCC3CCCO3)CC2)CC1. The van der Waals surface area contributed by atoms with Crippen molar-refractivity contribution < 1.29 is 19.1 Å². The van der Waals surface area contributed by atoms with Crippen LogP contribution in [-0.4, -0.2) is 86.3 Å². The highest BCUT2D eigenvalue weighted by Gasteiger charge is 2.37. The summed E-state index contributed by atoms with van der Waals surface area (Å²) in [6.45, 7) is 5.05. The second-order valence-corrected chi connectivity index (χ2v) is 10.1. The summed E-state index contributed by atoms with van der Waals surface area (Å²) in [5, 5.41) is 3.30. The molecule has 4 rings (SSSR count). The lowest BCUT2D eigenvalue weighted by Gasteiger charge is -2.39. The van der Waals surface area contributed by atoms with Crippen molar-refractivity contribution in [3.8, 4) is 0 Å². The highest BCUT2D eigenvalue weighted by molar-refractivity contribution is 5.83. The molecule has 0 aromatic carbocycles. The van der Waals surface area contributed by atoms with Gasteiger partial charge in [0, 0.05) is 44.7 Å². The number of likely N-dealkylation sites (N-methyl/N-ethyl adjacent to an activating group) is 1. The van der Waals surface area contributed by atoms with Crippen molar-refractivity contribution in [2.75, 3.05) is 46.4 Å². The highest BCUT2D eigenvalue weighted by Crippen LogP contribution is 2.30. The molecule has 1 N–H and O–H groups in total. The van der Waals surface area contributed by atoms with Crippen LogP contribution in [0, 0.1) is 11.8 Å². The van der Waals surface area contributed by atoms with Gasteiger partial charge in [-0.2, -0.15) is 0 Å². The smallest absolute Gasteiger partial charge is 0.227 e. The monoisotopic (exact) mass is 435 g/mol. The van der Waals surface area contributed by atoms with Gasteiger partial charge in [-0.1, -0.05) is 12.8 Å². The third-order valence-electron chi connectivity index (χ3n) is 7.81. The maximum Gasteiger partial charge on any atom is 0.227 e. The maximum atomic E-state index is 13.2. The molecule has 0 spiro atoms. The molecule has 4 fully saturated rings. The van der Waals surface area contributed by atoms with E-state index in [0.29, 0.717) is 6.61 Å². The number of nitrogens with one attached hydrogen (secondary N) is 1. The molecule has 0 radical (unpaired) electrons. The Kier molecular flexibility index (Phi) is 8.24. The van der Waals surface area contributed by atoms with E-state index in [1.54, 1.807) is 0 Å². The van der Waals surface area contributed by atoms with E-state index in [4.69, 9.17) is 9.47 Å². The summed E-state index contributed by atoms with van der Waals surface area (Å²) in [5.41, 5.74) is 0. The summed E-state index contributed by atoms with van der Waals surface area (Å²) in [7, 11) is 2.10. The molecule has 31 heavy (non-hydrogen) atoms. The van der Waals surface area contributed by atoms with Crippen LogP contribution in [0.4, 0.5) is 0 Å². The zero-order valence-corrected chi connectivity index (χ0v) is 19.2. The van der Waals surface area contributed by atoms with Crippen LogP contribution in [0.15, 0.2) is 0 Å². The van der Waals surface area contributed by atoms with Gasteiger partial charge in [0.05, 0.1) is 24.7 Å². The first-order valence-corrected chi connectivity index (χ1v) is 12.6. The molecule has 0 aromatic rings. The quantitative estimate of drug-likeness (QED) is 0.693. The molecule has 7 nitrogen and oxygen atoms in total. The van der Waals surface area contributed by atoms with Crippen molar-refractivity contribution >= 4 is 11.8 Å². The Morgan fingerprint density at radius 1 is 0.935 bits per heavy atom. The molecule has 2 heterocycles. The van der Waals surface area contributed by atoms with Crippen LogP contribution in [0.5, 0.6) is 0 Å². The second kappa shape index (κ2) is 11.1. The van der Waals surface area contributed by atoms with Gasteiger partial charge in [-0.15, -0.1) is 0 Å². The first-order valence-electron chi connectivity index (χ1n) is 12.6. The molecule has 2 saturated carbocycles. The van der Waals surface area contributed by atoms with Crippen LogP contribution >= 0.6 is 0 Å². The Labute approximate surface area is 187 Å². The topological polar surface area (TPSA) is 71.1 Å². The number of piperazine rings is 1. The minimum absolute atomic E-state index is 0.00175. The van der Waals surface area contributed by atoms with Crippen LogP contribution in [0.3, 0.4) is 0 Å². The number of carbonyl (C=O) groups is 2. The normalized spacial score (nSPS) is 35.1. The molecule has 2 amide bonds. The first kappa shape index (κ1) is 23.0. The zero-order valence-electron chi connectivity index (χ0n) is 19.2. The standard InChI is InChI=1S/C24H41N3O4/c1-26-12-14-27(15-13-26)24(29)21-6-2-3-7-22(21)25-23(28)18-8-10-19(11-9-18)31-17-20-5-4-16-30-20/h18-22H,2-17H2,1H3,(H,25,28). The third kappa shape index (κ3) is 6.20. The van der Waals surface area contributed by atoms with Gasteiger partial charge in [0.1, 0.15) is 0 Å². The lowest BCUT2D eigenvalue weighted by molar-refractivity contribution is -0.140. The minimum atomic E-state index is -0.0489. The highest BCUT2D eigenvalue weighted by atomic mass is 16.5. The van der Waals surface area contributed by atoms with Crippen LogP contribution in [0.1, 0.15) is 64.2 Å². The van der Waals surface area contributed by atoms with Crippen LogP contribution in [-0.2, 0) is 19.1 Å². The Hall–Kier alpha value is -1.18. The molecule has 3 unspecified atom stereocenters. The van der Waals surface area contributed by atoms with Gasteiger partial charge in [0.15, 0.2) is 0 Å². The van der Waals surface area contributed by atoms with E-state index in [2.05, 4.69) is 17.3 Å². The summed E-state index contributed by atoms with van der Waals surface area (Å²) in [6, 6.07) is 0.00175. The zero-order chi connectivity index (χ0) is 21.6. The predicted octanol–water partition coefficient (Wildman–Crippen LogP) is 2.19. The van der Waals surface area contributed by atoms with E-state index >= 15 is 0 Å². The largest absolute Gasteiger partial charge is 0.376 e. The lowest BCUT2D eigenvalue weighted by atomic mass is 9.82. The molecule has 0 bridgehead atoms. The Morgan fingerprint density at radius 2 is 1.68 bits per heavy atom. The molecule has 2 aliphatic carbocycles. The van der Waals surface area contributed by atoms with Gasteiger partial charge in [-0.3, -0.25) is 9.59 Å². The molecule has 4 aliphatic rings. The fourth-order valence-electron chi connectivity index (χ4n) is 5.67. The number of ether oxygens (including phenoxy) is 2. The average molecular weight is 436 g/mol. The summed E-state index contributed by atoms with van der Waals surface area (Å²) in [6.07, 6.45) is 10.4. The van der Waals surface area contributed by atoms with Crippen LogP contribution < -0.4 is 5.32 Å². The van der Waals surface area contributed by atoms with Crippen molar-refractivity contribution in [2.24, 2.45) is 11.8 Å². The molecular formula is C24H41N3O4. The average Bonchev–Trinajstić information content (AvgIpc) is 3.32. The molecular weight excluding hydrogens is 394 g/mol. The minimum Gasteiger partial charge on any atom is -0.376 e. The maximum absolute atomic E-state index is 13.2. The number of hydrogen-bond donors (Lipinski definition) is 1. The van der Waals surface area contributed by atoms with E-state index < -0.39 is 0 Å². The molecule has 3 atom stereocenters. The van der Waals surface area contributed by atoms with E-state index in [9.17, 15) is 9.59 Å². The number of amides is 2. The van der Waals surface area contributed by atoms with Gasteiger partial charge in [-0.05, 0) is 58.4 Å². The molecule has 7 heteroatoms. The number of nitrogens with zero attached hydrogens (tertiary/aromatic N) is 2. The van der Waals surface area contributed by atoms with Gasteiger partial charge >= 0.3 is 0 Å². The van der Waals surface area contributed by atoms with Crippen molar-refractivity contribution in [1.82, 2.24) is 15.1 Å². The molecule has 176 valence electrons. The van der Waals surface area contributed by atoms with Gasteiger partial charge < -0.3 is 24.6 Å². The Bertz CT molecular complexity index is 594. The van der Waals surface area contributed by atoms with Crippen molar-refractivity contribution in [3.05, 3.63) is 0 Å². The van der Waals surface area contributed by atoms with Gasteiger partial charge in [0.25, 0.3) is 0 Å². The van der Waals surface area contributed by atoms with Crippen molar-refractivity contribution in [1.29, 1.82) is 0 Å². The first-order chi connectivity index (χ1) is 15.1. The summed E-state index contributed by atoms with van der Waals surface area (Å²) in [5.74, 6) is 0.418. The molecule has 2 aliphatic heterocycles. The number of rotatable bonds is 6. The summed E-state index contributed by atoms with van der Waals surface area (Å²) >= 11 is 0. The molecule has 2 saturated heterocycles. The predicted molar refractivity (Wildman–Crippen MR) is 119 cm³/mol. The van der Waals surface area contributed by atoms with Crippen LogP contribution in [0.2, 0.25) is 0 Å².